The third kappa shape index (κ3) is 2.59. The number of phenols is 1. The lowest BCUT2D eigenvalue weighted by molar-refractivity contribution is 0.477. The van der Waals surface area contributed by atoms with E-state index in [1.807, 2.05) is 48.5 Å². The highest BCUT2D eigenvalue weighted by Gasteiger charge is 2.13. The summed E-state index contributed by atoms with van der Waals surface area (Å²) in [6.45, 7) is 0. The number of aromatic nitrogens is 2. The number of hydrogen-bond donors (Lipinski definition) is 1. The molecule has 0 bridgehead atoms. The number of para-hydroxylation sites is 1. The fraction of sp³-hybridized carbons (Fsp3) is 0. The Bertz CT molecular complexity index is 1030. The van der Waals surface area contributed by atoms with Crippen molar-refractivity contribution in [2.75, 3.05) is 0 Å². The molecule has 0 aliphatic carbocycles. The second-order valence-corrected chi connectivity index (χ2v) is 5.88. The molecule has 0 saturated heterocycles. The molecule has 3 nitrogen and oxygen atoms in total. The summed E-state index contributed by atoms with van der Waals surface area (Å²) in [4.78, 5) is 9.32. The standard InChI is InChI=1S/C20H13ClN2O/c21-14-10-11-17-16(12-14)19(13-6-2-1-3-7-13)23-20(22-17)15-8-4-5-9-18(15)24/h1-12,24H. The van der Waals surface area contributed by atoms with E-state index in [0.717, 1.165) is 22.2 Å². The number of phenolic OH excluding ortho intramolecular Hbond substituents is 1. The lowest BCUT2D eigenvalue weighted by Gasteiger charge is -2.10. The number of benzene rings is 3. The minimum absolute atomic E-state index is 0.157. The van der Waals surface area contributed by atoms with E-state index in [1.165, 1.54) is 0 Å². The van der Waals surface area contributed by atoms with Crippen LogP contribution in [0.5, 0.6) is 5.75 Å². The van der Waals surface area contributed by atoms with Gasteiger partial charge in [-0.15, -0.1) is 0 Å². The van der Waals surface area contributed by atoms with E-state index in [4.69, 9.17) is 16.6 Å². The van der Waals surface area contributed by atoms with Gasteiger partial charge in [0.15, 0.2) is 5.82 Å². The quantitative estimate of drug-likeness (QED) is 0.540. The van der Waals surface area contributed by atoms with Gasteiger partial charge in [0.25, 0.3) is 0 Å². The molecule has 24 heavy (non-hydrogen) atoms. The normalized spacial score (nSPS) is 10.9. The van der Waals surface area contributed by atoms with Crippen LogP contribution >= 0.6 is 11.6 Å². The van der Waals surface area contributed by atoms with Crippen LogP contribution in [0.3, 0.4) is 0 Å². The van der Waals surface area contributed by atoms with Gasteiger partial charge in [0, 0.05) is 16.0 Å². The van der Waals surface area contributed by atoms with Gasteiger partial charge in [0.1, 0.15) is 5.75 Å². The highest BCUT2D eigenvalue weighted by molar-refractivity contribution is 6.31. The fourth-order valence-electron chi connectivity index (χ4n) is 2.70. The molecule has 0 aliphatic heterocycles. The first-order valence-electron chi connectivity index (χ1n) is 7.53. The van der Waals surface area contributed by atoms with Crippen LogP contribution in [0.25, 0.3) is 33.5 Å². The summed E-state index contributed by atoms with van der Waals surface area (Å²) in [5, 5.41) is 11.7. The van der Waals surface area contributed by atoms with Crippen molar-refractivity contribution in [3.05, 3.63) is 77.8 Å². The molecule has 0 fully saturated rings. The van der Waals surface area contributed by atoms with E-state index >= 15 is 0 Å². The van der Waals surface area contributed by atoms with E-state index in [-0.39, 0.29) is 5.75 Å². The maximum atomic E-state index is 10.1. The van der Waals surface area contributed by atoms with Gasteiger partial charge in [-0.1, -0.05) is 54.1 Å². The van der Waals surface area contributed by atoms with Crippen LogP contribution in [-0.4, -0.2) is 15.1 Å². The molecule has 3 aromatic carbocycles. The van der Waals surface area contributed by atoms with E-state index in [1.54, 1.807) is 24.3 Å². The van der Waals surface area contributed by atoms with Gasteiger partial charge in [-0.25, -0.2) is 9.97 Å². The number of aromatic hydroxyl groups is 1. The first kappa shape index (κ1) is 14.7. The molecule has 0 aliphatic rings. The molecule has 0 amide bonds. The molecule has 0 spiro atoms. The zero-order chi connectivity index (χ0) is 16.5. The largest absolute Gasteiger partial charge is 0.507 e. The van der Waals surface area contributed by atoms with E-state index in [0.29, 0.717) is 16.4 Å². The lowest BCUT2D eigenvalue weighted by atomic mass is 10.1. The molecular formula is C20H13ClN2O. The minimum Gasteiger partial charge on any atom is -0.507 e. The van der Waals surface area contributed by atoms with Crippen molar-refractivity contribution in [2.24, 2.45) is 0 Å². The Morgan fingerprint density at radius 2 is 1.54 bits per heavy atom. The van der Waals surface area contributed by atoms with Gasteiger partial charge in [0.2, 0.25) is 0 Å². The summed E-state index contributed by atoms with van der Waals surface area (Å²) in [5.41, 5.74) is 3.16. The maximum Gasteiger partial charge on any atom is 0.164 e. The molecule has 1 N–H and O–H groups in total. The SMILES string of the molecule is Oc1ccccc1-c1nc(-c2ccccc2)c2cc(Cl)ccc2n1. The summed E-state index contributed by atoms with van der Waals surface area (Å²) < 4.78 is 0. The van der Waals surface area contributed by atoms with Crippen molar-refractivity contribution in [2.45, 2.75) is 0 Å². The van der Waals surface area contributed by atoms with Crippen LogP contribution in [0.4, 0.5) is 0 Å². The minimum atomic E-state index is 0.157. The summed E-state index contributed by atoms with van der Waals surface area (Å²) >= 11 is 6.16. The van der Waals surface area contributed by atoms with Crippen LogP contribution in [0.15, 0.2) is 72.8 Å². The zero-order valence-electron chi connectivity index (χ0n) is 12.6. The van der Waals surface area contributed by atoms with Crippen molar-refractivity contribution in [1.82, 2.24) is 9.97 Å². The topological polar surface area (TPSA) is 46.0 Å². The Balaban J connectivity index is 2.05. The number of hydrogen-bond acceptors (Lipinski definition) is 3. The summed E-state index contributed by atoms with van der Waals surface area (Å²) in [5.74, 6) is 0.645. The molecule has 116 valence electrons. The average Bonchev–Trinajstić information content (AvgIpc) is 2.62. The predicted octanol–water partition coefficient (Wildman–Crippen LogP) is 5.32. The molecule has 0 unspecified atom stereocenters. The Labute approximate surface area is 144 Å². The second kappa shape index (κ2) is 5.95. The van der Waals surface area contributed by atoms with E-state index in [9.17, 15) is 5.11 Å². The second-order valence-electron chi connectivity index (χ2n) is 5.44. The molecule has 0 radical (unpaired) electrons. The highest BCUT2D eigenvalue weighted by Crippen LogP contribution is 2.33. The molecule has 4 rings (SSSR count). The van der Waals surface area contributed by atoms with Crippen molar-refractivity contribution >= 4 is 22.5 Å². The zero-order valence-corrected chi connectivity index (χ0v) is 13.4. The van der Waals surface area contributed by atoms with E-state index < -0.39 is 0 Å². The van der Waals surface area contributed by atoms with E-state index in [2.05, 4.69) is 4.98 Å². The molecule has 0 saturated carbocycles. The molecular weight excluding hydrogens is 320 g/mol. The van der Waals surface area contributed by atoms with Crippen molar-refractivity contribution in [1.29, 1.82) is 0 Å². The molecule has 1 heterocycles. The fourth-order valence-corrected chi connectivity index (χ4v) is 2.87. The Morgan fingerprint density at radius 1 is 0.792 bits per heavy atom. The van der Waals surface area contributed by atoms with Gasteiger partial charge in [-0.2, -0.15) is 0 Å². The first-order chi connectivity index (χ1) is 11.7. The van der Waals surface area contributed by atoms with Crippen LogP contribution in [-0.2, 0) is 0 Å². The van der Waals surface area contributed by atoms with Crippen LogP contribution in [0, 0.1) is 0 Å². The average molecular weight is 333 g/mol. The van der Waals surface area contributed by atoms with Gasteiger partial charge < -0.3 is 5.11 Å². The van der Waals surface area contributed by atoms with Crippen LogP contribution in [0.2, 0.25) is 5.02 Å². The molecule has 4 heteroatoms. The Morgan fingerprint density at radius 3 is 2.33 bits per heavy atom. The third-order valence-corrected chi connectivity index (χ3v) is 4.09. The predicted molar refractivity (Wildman–Crippen MR) is 97.1 cm³/mol. The highest BCUT2D eigenvalue weighted by atomic mass is 35.5. The number of rotatable bonds is 2. The number of halogens is 1. The van der Waals surface area contributed by atoms with Gasteiger partial charge in [-0.3, -0.25) is 0 Å². The number of nitrogens with zero attached hydrogens (tertiary/aromatic N) is 2. The van der Waals surface area contributed by atoms with Crippen LogP contribution < -0.4 is 0 Å². The maximum absolute atomic E-state index is 10.1. The van der Waals surface area contributed by atoms with Gasteiger partial charge >= 0.3 is 0 Å². The third-order valence-electron chi connectivity index (χ3n) is 3.85. The number of fused-ring (bicyclic) bond motifs is 1. The summed E-state index contributed by atoms with van der Waals surface area (Å²) in [6.07, 6.45) is 0. The molecule has 4 aromatic rings. The smallest absolute Gasteiger partial charge is 0.164 e. The Kier molecular flexibility index (Phi) is 3.63. The first-order valence-corrected chi connectivity index (χ1v) is 7.91. The molecule has 1 aromatic heterocycles. The van der Waals surface area contributed by atoms with Crippen molar-refractivity contribution in [3.8, 4) is 28.4 Å². The summed E-state index contributed by atoms with van der Waals surface area (Å²) in [6, 6.07) is 22.5. The Hall–Kier alpha value is -2.91. The van der Waals surface area contributed by atoms with Gasteiger partial charge in [-0.05, 0) is 30.3 Å². The van der Waals surface area contributed by atoms with Crippen LogP contribution in [0.1, 0.15) is 0 Å². The van der Waals surface area contributed by atoms with Crippen molar-refractivity contribution < 1.29 is 5.11 Å². The summed E-state index contributed by atoms with van der Waals surface area (Å²) in [7, 11) is 0. The molecule has 0 atom stereocenters. The lowest BCUT2D eigenvalue weighted by Crippen LogP contribution is -1.95. The van der Waals surface area contributed by atoms with Crippen molar-refractivity contribution in [3.63, 3.8) is 0 Å². The van der Waals surface area contributed by atoms with Gasteiger partial charge in [0.05, 0.1) is 16.8 Å². The monoisotopic (exact) mass is 332 g/mol.